The number of nitrogens with one attached hydrogen (secondary N) is 1. The smallest absolute Gasteiger partial charge is 0.256 e. The number of rotatable bonds is 4. The van der Waals surface area contributed by atoms with Crippen LogP contribution in [0.3, 0.4) is 0 Å². The maximum absolute atomic E-state index is 13.4. The average Bonchev–Trinajstić information content (AvgIpc) is 2.78. The number of nitrogens with zero attached hydrogens (tertiary/aromatic N) is 2. The minimum absolute atomic E-state index is 0.0418. The number of hydrogen-bond acceptors (Lipinski definition) is 2. The van der Waals surface area contributed by atoms with Gasteiger partial charge in [0.25, 0.3) is 5.56 Å². The average molecular weight is 419 g/mol. The Morgan fingerprint density at radius 1 is 1.13 bits per heavy atom. The standard InChI is InChI=1S/C24H19F2N3O2/c1-27-22-14-18(26)4-6-20(22)15-8-10-29(11-9-15)23(30)7-5-19-12-16-2-3-17(25)13-21(16)24(31)28-19/h2-4,6,8,12-14H,5,7,9-11H2,(H,28,31). The van der Waals surface area contributed by atoms with Gasteiger partial charge in [0.2, 0.25) is 5.91 Å². The van der Waals surface area contributed by atoms with Crippen LogP contribution in [0.15, 0.2) is 53.3 Å². The predicted molar refractivity (Wildman–Crippen MR) is 115 cm³/mol. The molecule has 0 saturated heterocycles. The summed E-state index contributed by atoms with van der Waals surface area (Å²) in [6, 6.07) is 9.97. The Morgan fingerprint density at radius 3 is 2.65 bits per heavy atom. The number of amides is 1. The summed E-state index contributed by atoms with van der Waals surface area (Å²) in [6.45, 7) is 8.16. The number of aromatic amines is 1. The number of aryl methyl sites for hydroxylation is 1. The summed E-state index contributed by atoms with van der Waals surface area (Å²) < 4.78 is 26.7. The van der Waals surface area contributed by atoms with Crippen LogP contribution in [0.25, 0.3) is 21.2 Å². The molecule has 0 unspecified atom stereocenters. The third-order valence-corrected chi connectivity index (χ3v) is 5.46. The van der Waals surface area contributed by atoms with Crippen molar-refractivity contribution in [2.75, 3.05) is 13.1 Å². The number of carbonyl (C=O) groups excluding carboxylic acids is 1. The van der Waals surface area contributed by atoms with E-state index in [2.05, 4.69) is 9.83 Å². The van der Waals surface area contributed by atoms with Crippen molar-refractivity contribution >= 4 is 27.9 Å². The minimum Gasteiger partial charge on any atom is -0.339 e. The zero-order chi connectivity index (χ0) is 22.0. The fourth-order valence-electron chi connectivity index (χ4n) is 3.83. The van der Waals surface area contributed by atoms with Crippen molar-refractivity contribution in [2.24, 2.45) is 0 Å². The quantitative estimate of drug-likeness (QED) is 0.628. The van der Waals surface area contributed by atoms with Crippen LogP contribution in [0.1, 0.15) is 24.1 Å². The van der Waals surface area contributed by atoms with E-state index in [4.69, 9.17) is 6.57 Å². The molecule has 1 aliphatic rings. The van der Waals surface area contributed by atoms with Crippen LogP contribution < -0.4 is 5.56 Å². The van der Waals surface area contributed by atoms with Gasteiger partial charge < -0.3 is 9.88 Å². The van der Waals surface area contributed by atoms with Crippen LogP contribution >= 0.6 is 0 Å². The van der Waals surface area contributed by atoms with Crippen LogP contribution in [0.4, 0.5) is 14.5 Å². The number of benzene rings is 2. The van der Waals surface area contributed by atoms with Gasteiger partial charge in [-0.15, -0.1) is 0 Å². The van der Waals surface area contributed by atoms with E-state index in [0.717, 1.165) is 5.57 Å². The molecule has 156 valence electrons. The molecule has 1 amide bonds. The summed E-state index contributed by atoms with van der Waals surface area (Å²) in [5.41, 5.74) is 2.15. The van der Waals surface area contributed by atoms with Crippen LogP contribution in [0.5, 0.6) is 0 Å². The SMILES string of the molecule is [C-]#[N+]c1cc(F)ccc1C1=CCN(C(=O)CCc2cc3ccc(F)cc3c(=O)[nH]2)CC1. The molecule has 2 aromatic carbocycles. The number of fused-ring (bicyclic) bond motifs is 1. The first-order valence-electron chi connectivity index (χ1n) is 9.90. The molecule has 1 aliphatic heterocycles. The second-order valence-corrected chi connectivity index (χ2v) is 7.45. The first-order valence-corrected chi connectivity index (χ1v) is 9.90. The lowest BCUT2D eigenvalue weighted by atomic mass is 9.97. The number of carbonyl (C=O) groups is 1. The number of halogens is 2. The van der Waals surface area contributed by atoms with Crippen molar-refractivity contribution < 1.29 is 13.6 Å². The van der Waals surface area contributed by atoms with E-state index >= 15 is 0 Å². The van der Waals surface area contributed by atoms with Gasteiger partial charge >= 0.3 is 0 Å². The highest BCUT2D eigenvalue weighted by atomic mass is 19.1. The normalized spacial score (nSPS) is 13.7. The largest absolute Gasteiger partial charge is 0.339 e. The number of hydrogen-bond donors (Lipinski definition) is 1. The lowest BCUT2D eigenvalue weighted by Gasteiger charge is -2.27. The Morgan fingerprint density at radius 2 is 1.90 bits per heavy atom. The summed E-state index contributed by atoms with van der Waals surface area (Å²) >= 11 is 0. The summed E-state index contributed by atoms with van der Waals surface area (Å²) in [5, 5.41) is 0.913. The second kappa shape index (κ2) is 8.52. The molecule has 2 heterocycles. The third kappa shape index (κ3) is 4.38. The monoisotopic (exact) mass is 419 g/mol. The Balaban J connectivity index is 1.42. The molecule has 1 N–H and O–H groups in total. The van der Waals surface area contributed by atoms with Crippen molar-refractivity contribution in [3.05, 3.63) is 93.2 Å². The molecule has 4 rings (SSSR count). The molecule has 1 aromatic heterocycles. The molecule has 0 radical (unpaired) electrons. The van der Waals surface area contributed by atoms with Gasteiger partial charge in [0.1, 0.15) is 11.6 Å². The lowest BCUT2D eigenvalue weighted by Crippen LogP contribution is -2.34. The van der Waals surface area contributed by atoms with Gasteiger partial charge in [-0.2, -0.15) is 0 Å². The molecule has 0 spiro atoms. The number of H-pyrrole nitrogens is 1. The van der Waals surface area contributed by atoms with Crippen molar-refractivity contribution in [2.45, 2.75) is 19.3 Å². The second-order valence-electron chi connectivity index (χ2n) is 7.45. The van der Waals surface area contributed by atoms with Crippen LogP contribution in [-0.2, 0) is 11.2 Å². The molecular formula is C24H19F2N3O2. The fraction of sp³-hybridized carbons (Fsp3) is 0.208. The molecule has 3 aromatic rings. The Bertz CT molecular complexity index is 1300. The summed E-state index contributed by atoms with van der Waals surface area (Å²) in [4.78, 5) is 32.6. The topological polar surface area (TPSA) is 57.5 Å². The highest BCUT2D eigenvalue weighted by Crippen LogP contribution is 2.31. The van der Waals surface area contributed by atoms with E-state index in [1.165, 1.54) is 24.3 Å². The van der Waals surface area contributed by atoms with Gasteiger partial charge in [0, 0.05) is 30.6 Å². The highest BCUT2D eigenvalue weighted by molar-refractivity contribution is 5.83. The Hall–Kier alpha value is -3.79. The zero-order valence-electron chi connectivity index (χ0n) is 16.6. The van der Waals surface area contributed by atoms with Crippen LogP contribution in [0.2, 0.25) is 0 Å². The molecule has 0 bridgehead atoms. The van der Waals surface area contributed by atoms with E-state index < -0.39 is 11.6 Å². The first kappa shape index (κ1) is 20.5. The van der Waals surface area contributed by atoms with E-state index in [9.17, 15) is 18.4 Å². The summed E-state index contributed by atoms with van der Waals surface area (Å²) in [6.07, 6.45) is 3.08. The van der Waals surface area contributed by atoms with Crippen molar-refractivity contribution in [1.82, 2.24) is 9.88 Å². The molecule has 0 fully saturated rings. The molecular weight excluding hydrogens is 400 g/mol. The van der Waals surface area contributed by atoms with Gasteiger partial charge in [-0.05, 0) is 54.1 Å². The van der Waals surface area contributed by atoms with Crippen molar-refractivity contribution in [3.8, 4) is 0 Å². The zero-order valence-corrected chi connectivity index (χ0v) is 16.6. The molecule has 0 atom stereocenters. The third-order valence-electron chi connectivity index (χ3n) is 5.46. The van der Waals surface area contributed by atoms with Crippen LogP contribution in [-0.4, -0.2) is 28.9 Å². The fourth-order valence-corrected chi connectivity index (χ4v) is 3.83. The molecule has 0 saturated carbocycles. The molecule has 31 heavy (non-hydrogen) atoms. The summed E-state index contributed by atoms with van der Waals surface area (Å²) in [5.74, 6) is -0.956. The van der Waals surface area contributed by atoms with E-state index in [1.807, 2.05) is 6.08 Å². The van der Waals surface area contributed by atoms with Crippen molar-refractivity contribution in [1.29, 1.82) is 0 Å². The van der Waals surface area contributed by atoms with Crippen LogP contribution in [0, 0.1) is 18.2 Å². The Kier molecular flexibility index (Phi) is 5.63. The number of pyridine rings is 1. The van der Waals surface area contributed by atoms with Gasteiger partial charge in [-0.1, -0.05) is 23.8 Å². The molecule has 0 aliphatic carbocycles. The van der Waals surface area contributed by atoms with Gasteiger partial charge in [-0.3, -0.25) is 9.59 Å². The van der Waals surface area contributed by atoms with Gasteiger partial charge in [0.15, 0.2) is 5.69 Å². The summed E-state index contributed by atoms with van der Waals surface area (Å²) in [7, 11) is 0. The highest BCUT2D eigenvalue weighted by Gasteiger charge is 2.19. The van der Waals surface area contributed by atoms with Gasteiger partial charge in [0.05, 0.1) is 6.57 Å². The predicted octanol–water partition coefficient (Wildman–Crippen LogP) is 4.61. The van der Waals surface area contributed by atoms with E-state index in [-0.39, 0.29) is 29.0 Å². The molecule has 7 heteroatoms. The van der Waals surface area contributed by atoms with E-state index in [0.29, 0.717) is 42.6 Å². The minimum atomic E-state index is -0.470. The van der Waals surface area contributed by atoms with E-state index in [1.54, 1.807) is 23.1 Å². The van der Waals surface area contributed by atoms with Crippen molar-refractivity contribution in [3.63, 3.8) is 0 Å². The molecule has 5 nitrogen and oxygen atoms in total. The Labute approximate surface area is 177 Å². The lowest BCUT2D eigenvalue weighted by molar-refractivity contribution is -0.130. The number of aromatic nitrogens is 1. The first-order chi connectivity index (χ1) is 14.9. The maximum Gasteiger partial charge on any atom is 0.256 e. The maximum atomic E-state index is 13.4. The van der Waals surface area contributed by atoms with Gasteiger partial charge in [-0.25, -0.2) is 13.6 Å².